The maximum absolute atomic E-state index is 12.8. The van der Waals surface area contributed by atoms with Crippen LogP contribution in [0, 0.1) is 12.7 Å². The Balaban J connectivity index is 2.27. The van der Waals surface area contributed by atoms with Gasteiger partial charge in [-0.05, 0) is 47.1 Å². The van der Waals surface area contributed by atoms with Gasteiger partial charge in [0.15, 0.2) is 0 Å². The van der Waals surface area contributed by atoms with E-state index in [0.29, 0.717) is 16.1 Å². The number of halogens is 2. The summed E-state index contributed by atoms with van der Waals surface area (Å²) in [7, 11) is 0. The van der Waals surface area contributed by atoms with Crippen LogP contribution < -0.4 is 4.74 Å². The summed E-state index contributed by atoms with van der Waals surface area (Å²) >= 11 is 3.23. The number of ether oxygens (including phenoxy) is 1. The fraction of sp³-hybridized carbons (Fsp3) is 0.0833. The molecule has 0 fully saturated rings. The van der Waals surface area contributed by atoms with Gasteiger partial charge < -0.3 is 4.74 Å². The second-order valence-corrected chi connectivity index (χ2v) is 4.15. The Morgan fingerprint density at radius 3 is 2.75 bits per heavy atom. The maximum Gasteiger partial charge on any atom is 0.219 e. The number of pyridine rings is 1. The van der Waals surface area contributed by atoms with Crippen LogP contribution in [0.15, 0.2) is 40.9 Å². The van der Waals surface area contributed by atoms with Crippen LogP contribution in [-0.4, -0.2) is 4.98 Å². The highest BCUT2D eigenvalue weighted by atomic mass is 79.9. The van der Waals surface area contributed by atoms with E-state index >= 15 is 0 Å². The predicted molar refractivity (Wildman–Crippen MR) is 63.1 cm³/mol. The topological polar surface area (TPSA) is 22.1 Å². The van der Waals surface area contributed by atoms with Crippen LogP contribution in [0.5, 0.6) is 11.6 Å². The van der Waals surface area contributed by atoms with Crippen molar-refractivity contribution in [1.82, 2.24) is 4.98 Å². The highest BCUT2D eigenvalue weighted by Gasteiger charge is 2.04. The second-order valence-electron chi connectivity index (χ2n) is 3.29. The summed E-state index contributed by atoms with van der Waals surface area (Å²) in [5.74, 6) is 0.725. The predicted octanol–water partition coefficient (Wildman–Crippen LogP) is 4.08. The second kappa shape index (κ2) is 4.61. The quantitative estimate of drug-likeness (QED) is 0.827. The van der Waals surface area contributed by atoms with E-state index in [0.717, 1.165) is 5.69 Å². The van der Waals surface area contributed by atoms with Gasteiger partial charge in [0.1, 0.15) is 11.6 Å². The molecule has 0 aliphatic heterocycles. The van der Waals surface area contributed by atoms with E-state index in [9.17, 15) is 4.39 Å². The Hall–Kier alpha value is -1.42. The highest BCUT2D eigenvalue weighted by Crippen LogP contribution is 2.29. The van der Waals surface area contributed by atoms with Crippen molar-refractivity contribution >= 4 is 15.9 Å². The Morgan fingerprint density at radius 2 is 2.06 bits per heavy atom. The standard InChI is InChI=1S/C12H9BrFNO/c1-8-3-2-4-12(15-8)16-11-6-5-9(14)7-10(11)13/h2-7H,1H3. The molecule has 16 heavy (non-hydrogen) atoms. The van der Waals surface area contributed by atoms with E-state index in [1.807, 2.05) is 19.1 Å². The molecule has 0 radical (unpaired) electrons. The molecule has 0 aliphatic carbocycles. The molecule has 1 heterocycles. The van der Waals surface area contributed by atoms with E-state index in [1.165, 1.54) is 12.1 Å². The SMILES string of the molecule is Cc1cccc(Oc2ccc(F)cc2Br)n1. The third-order valence-corrected chi connectivity index (χ3v) is 2.59. The van der Waals surface area contributed by atoms with E-state index in [4.69, 9.17) is 4.74 Å². The Bertz CT molecular complexity index is 516. The van der Waals surface area contributed by atoms with Crippen molar-refractivity contribution in [1.29, 1.82) is 0 Å². The summed E-state index contributed by atoms with van der Waals surface area (Å²) in [5, 5.41) is 0. The van der Waals surface area contributed by atoms with Crippen molar-refractivity contribution in [2.75, 3.05) is 0 Å². The van der Waals surface area contributed by atoms with Gasteiger partial charge in [-0.2, -0.15) is 0 Å². The summed E-state index contributed by atoms with van der Waals surface area (Å²) < 4.78 is 18.9. The Morgan fingerprint density at radius 1 is 1.25 bits per heavy atom. The number of rotatable bonds is 2. The lowest BCUT2D eigenvalue weighted by atomic mass is 10.3. The smallest absolute Gasteiger partial charge is 0.219 e. The molecule has 2 nitrogen and oxygen atoms in total. The summed E-state index contributed by atoms with van der Waals surface area (Å²) in [4.78, 5) is 4.20. The van der Waals surface area contributed by atoms with Gasteiger partial charge >= 0.3 is 0 Å². The molecule has 0 spiro atoms. The molecule has 0 bridgehead atoms. The molecule has 2 rings (SSSR count). The molecule has 0 atom stereocenters. The lowest BCUT2D eigenvalue weighted by Crippen LogP contribution is -1.90. The van der Waals surface area contributed by atoms with Crippen molar-refractivity contribution in [3.63, 3.8) is 0 Å². The summed E-state index contributed by atoms with van der Waals surface area (Å²) in [6, 6.07) is 9.74. The molecule has 0 aliphatic rings. The van der Waals surface area contributed by atoms with Crippen LogP contribution in [0.3, 0.4) is 0 Å². The van der Waals surface area contributed by atoms with Crippen LogP contribution in [0.1, 0.15) is 5.69 Å². The van der Waals surface area contributed by atoms with Crippen molar-refractivity contribution in [3.8, 4) is 11.6 Å². The molecule has 82 valence electrons. The molecule has 4 heteroatoms. The molecule has 1 aromatic carbocycles. The zero-order chi connectivity index (χ0) is 11.5. The van der Waals surface area contributed by atoms with Crippen LogP contribution in [0.4, 0.5) is 4.39 Å². The number of benzene rings is 1. The number of hydrogen-bond acceptors (Lipinski definition) is 2. The Kier molecular flexibility index (Phi) is 3.19. The van der Waals surface area contributed by atoms with Crippen molar-refractivity contribution in [3.05, 3.63) is 52.4 Å². The average molecular weight is 282 g/mol. The Labute approximate surface area is 101 Å². The van der Waals surface area contributed by atoms with Crippen LogP contribution >= 0.6 is 15.9 Å². The summed E-state index contributed by atoms with van der Waals surface area (Å²) in [6.45, 7) is 1.88. The van der Waals surface area contributed by atoms with E-state index in [-0.39, 0.29) is 5.82 Å². The number of aromatic nitrogens is 1. The number of nitrogens with zero attached hydrogens (tertiary/aromatic N) is 1. The molecule has 0 saturated heterocycles. The third kappa shape index (κ3) is 2.58. The van der Waals surface area contributed by atoms with Crippen LogP contribution in [-0.2, 0) is 0 Å². The minimum Gasteiger partial charge on any atom is -0.438 e. The largest absolute Gasteiger partial charge is 0.438 e. The third-order valence-electron chi connectivity index (χ3n) is 1.97. The molecule has 1 aromatic heterocycles. The van der Waals surface area contributed by atoms with Gasteiger partial charge in [0.25, 0.3) is 0 Å². The first-order chi connectivity index (χ1) is 7.65. The number of aryl methyl sites for hydroxylation is 1. The summed E-state index contributed by atoms with van der Waals surface area (Å²) in [5.41, 5.74) is 0.871. The van der Waals surface area contributed by atoms with Gasteiger partial charge in [-0.3, -0.25) is 0 Å². The first-order valence-corrected chi connectivity index (χ1v) is 5.51. The van der Waals surface area contributed by atoms with E-state index in [1.54, 1.807) is 12.1 Å². The van der Waals surface area contributed by atoms with Gasteiger partial charge in [-0.1, -0.05) is 6.07 Å². The number of hydrogen-bond donors (Lipinski definition) is 0. The minimum absolute atomic E-state index is 0.309. The molecule has 0 N–H and O–H groups in total. The van der Waals surface area contributed by atoms with E-state index in [2.05, 4.69) is 20.9 Å². The lowest BCUT2D eigenvalue weighted by Gasteiger charge is -2.06. The molecule has 0 unspecified atom stereocenters. The summed E-state index contributed by atoms with van der Waals surface area (Å²) in [6.07, 6.45) is 0. The fourth-order valence-electron chi connectivity index (χ4n) is 1.25. The minimum atomic E-state index is -0.309. The average Bonchev–Trinajstić information content (AvgIpc) is 2.22. The van der Waals surface area contributed by atoms with E-state index < -0.39 is 0 Å². The zero-order valence-electron chi connectivity index (χ0n) is 8.58. The normalized spacial score (nSPS) is 10.2. The first kappa shape index (κ1) is 11.1. The van der Waals surface area contributed by atoms with Gasteiger partial charge in [-0.15, -0.1) is 0 Å². The van der Waals surface area contributed by atoms with Crippen LogP contribution in [0.25, 0.3) is 0 Å². The van der Waals surface area contributed by atoms with Crippen molar-refractivity contribution in [2.24, 2.45) is 0 Å². The molecular formula is C12H9BrFNO. The van der Waals surface area contributed by atoms with Crippen molar-refractivity contribution < 1.29 is 9.13 Å². The van der Waals surface area contributed by atoms with Crippen LogP contribution in [0.2, 0.25) is 0 Å². The highest BCUT2D eigenvalue weighted by molar-refractivity contribution is 9.10. The van der Waals surface area contributed by atoms with Crippen molar-refractivity contribution in [2.45, 2.75) is 6.92 Å². The monoisotopic (exact) mass is 281 g/mol. The fourth-order valence-corrected chi connectivity index (χ4v) is 1.68. The molecule has 0 saturated carbocycles. The molecule has 2 aromatic rings. The van der Waals surface area contributed by atoms with Gasteiger partial charge in [0, 0.05) is 11.8 Å². The van der Waals surface area contributed by atoms with Gasteiger partial charge in [0.2, 0.25) is 5.88 Å². The lowest BCUT2D eigenvalue weighted by molar-refractivity contribution is 0.457. The molecular weight excluding hydrogens is 273 g/mol. The first-order valence-electron chi connectivity index (χ1n) is 4.72. The van der Waals surface area contributed by atoms with Gasteiger partial charge in [-0.25, -0.2) is 9.37 Å². The zero-order valence-corrected chi connectivity index (χ0v) is 10.2. The van der Waals surface area contributed by atoms with Gasteiger partial charge in [0.05, 0.1) is 4.47 Å². The molecule has 0 amide bonds. The maximum atomic E-state index is 12.8.